The van der Waals surface area contributed by atoms with Gasteiger partial charge in [0.15, 0.2) is 0 Å². The van der Waals surface area contributed by atoms with Gasteiger partial charge in [0.05, 0.1) is 25.3 Å². The molecule has 4 rings (SSSR count). The predicted molar refractivity (Wildman–Crippen MR) is 95.6 cm³/mol. The first-order chi connectivity index (χ1) is 12.1. The van der Waals surface area contributed by atoms with Crippen LogP contribution >= 0.6 is 0 Å². The number of aryl methyl sites for hydroxylation is 1. The van der Waals surface area contributed by atoms with Crippen molar-refractivity contribution in [1.29, 1.82) is 0 Å². The molecule has 2 saturated heterocycles. The Morgan fingerprint density at radius 1 is 1.32 bits per heavy atom. The first-order valence-electron chi connectivity index (χ1n) is 9.14. The van der Waals surface area contributed by atoms with E-state index in [0.29, 0.717) is 18.4 Å². The average Bonchev–Trinajstić information content (AvgIpc) is 3.20. The molecule has 134 valence electrons. The Balaban J connectivity index is 1.43. The highest BCUT2D eigenvalue weighted by Gasteiger charge is 2.36. The van der Waals surface area contributed by atoms with Gasteiger partial charge in [-0.25, -0.2) is 4.98 Å². The van der Waals surface area contributed by atoms with E-state index in [-0.39, 0.29) is 5.91 Å². The van der Waals surface area contributed by atoms with Crippen molar-refractivity contribution >= 4 is 11.6 Å². The van der Waals surface area contributed by atoms with Crippen LogP contribution in [0.15, 0.2) is 24.5 Å². The third-order valence-electron chi connectivity index (χ3n) is 5.50. The summed E-state index contributed by atoms with van der Waals surface area (Å²) in [5, 5.41) is 0. The van der Waals surface area contributed by atoms with Crippen molar-refractivity contribution < 1.29 is 9.53 Å². The second-order valence-electron chi connectivity index (χ2n) is 7.32. The molecule has 2 aliphatic rings. The van der Waals surface area contributed by atoms with Crippen molar-refractivity contribution in [2.45, 2.75) is 26.3 Å². The quantitative estimate of drug-likeness (QED) is 0.845. The van der Waals surface area contributed by atoms with Crippen LogP contribution in [0.3, 0.4) is 0 Å². The molecule has 6 nitrogen and oxygen atoms in total. The number of pyridine rings is 1. The highest BCUT2D eigenvalue weighted by Crippen LogP contribution is 2.23. The summed E-state index contributed by atoms with van der Waals surface area (Å²) in [4.78, 5) is 21.9. The van der Waals surface area contributed by atoms with Gasteiger partial charge in [0.25, 0.3) is 0 Å². The molecule has 2 aromatic heterocycles. The van der Waals surface area contributed by atoms with Gasteiger partial charge in [-0.1, -0.05) is 13.0 Å². The topological polar surface area (TPSA) is 50.1 Å². The molecule has 4 heterocycles. The second-order valence-corrected chi connectivity index (χ2v) is 7.32. The lowest BCUT2D eigenvalue weighted by molar-refractivity contribution is -0.129. The van der Waals surface area contributed by atoms with Crippen molar-refractivity contribution in [1.82, 2.24) is 19.2 Å². The number of amides is 1. The van der Waals surface area contributed by atoms with E-state index in [0.717, 1.165) is 56.3 Å². The van der Waals surface area contributed by atoms with Crippen molar-refractivity contribution in [3.63, 3.8) is 0 Å². The van der Waals surface area contributed by atoms with E-state index in [4.69, 9.17) is 4.74 Å². The van der Waals surface area contributed by atoms with Crippen molar-refractivity contribution in [2.24, 2.45) is 5.92 Å². The Labute approximate surface area is 148 Å². The van der Waals surface area contributed by atoms with E-state index in [1.165, 1.54) is 0 Å². The van der Waals surface area contributed by atoms with Crippen LogP contribution in [0.4, 0.5) is 0 Å². The van der Waals surface area contributed by atoms with Gasteiger partial charge in [0, 0.05) is 44.6 Å². The Morgan fingerprint density at radius 2 is 2.12 bits per heavy atom. The van der Waals surface area contributed by atoms with Crippen LogP contribution in [0.1, 0.15) is 18.2 Å². The van der Waals surface area contributed by atoms with E-state index in [9.17, 15) is 4.79 Å². The molecule has 0 saturated carbocycles. The van der Waals surface area contributed by atoms with Gasteiger partial charge in [-0.2, -0.15) is 0 Å². The van der Waals surface area contributed by atoms with Crippen LogP contribution < -0.4 is 0 Å². The molecule has 0 unspecified atom stereocenters. The van der Waals surface area contributed by atoms with E-state index >= 15 is 0 Å². The van der Waals surface area contributed by atoms with Crippen molar-refractivity contribution in [3.05, 3.63) is 35.8 Å². The van der Waals surface area contributed by atoms with E-state index < -0.39 is 0 Å². The molecule has 0 radical (unpaired) electrons. The summed E-state index contributed by atoms with van der Waals surface area (Å²) >= 11 is 0. The number of carbonyl (C=O) groups excluding carboxylic acids is 1. The fourth-order valence-corrected chi connectivity index (χ4v) is 4.09. The highest BCUT2D eigenvalue weighted by molar-refractivity contribution is 5.79. The number of likely N-dealkylation sites (tertiary alicyclic amines) is 1. The number of hydrogen-bond acceptors (Lipinski definition) is 4. The molecule has 2 fully saturated rings. The SMILES string of the molecule is Cc1cccn2cc(CC(=O)N3C[C@@H](N4CCOCC4)[C@@H](C)C3)nc12. The summed E-state index contributed by atoms with van der Waals surface area (Å²) in [6.07, 6.45) is 4.33. The fourth-order valence-electron chi connectivity index (χ4n) is 4.09. The van der Waals surface area contributed by atoms with Crippen molar-refractivity contribution in [2.75, 3.05) is 39.4 Å². The molecule has 2 atom stereocenters. The van der Waals surface area contributed by atoms with Crippen LogP contribution in [0, 0.1) is 12.8 Å². The molecule has 6 heteroatoms. The number of hydrogen-bond donors (Lipinski definition) is 0. The third-order valence-corrected chi connectivity index (χ3v) is 5.50. The number of nitrogens with zero attached hydrogens (tertiary/aromatic N) is 4. The molecule has 2 aliphatic heterocycles. The molecule has 1 amide bonds. The Kier molecular flexibility index (Phi) is 4.48. The summed E-state index contributed by atoms with van der Waals surface area (Å²) in [7, 11) is 0. The smallest absolute Gasteiger partial charge is 0.228 e. The second kappa shape index (κ2) is 6.77. The van der Waals surface area contributed by atoms with Crippen LogP contribution in [0.25, 0.3) is 5.65 Å². The third kappa shape index (κ3) is 3.28. The summed E-state index contributed by atoms with van der Waals surface area (Å²) in [5.74, 6) is 0.689. The molecule has 25 heavy (non-hydrogen) atoms. The van der Waals surface area contributed by atoms with Gasteiger partial charge in [-0.15, -0.1) is 0 Å². The number of aromatic nitrogens is 2. The number of carbonyl (C=O) groups is 1. The average molecular weight is 342 g/mol. The maximum absolute atomic E-state index is 12.8. The normalized spacial score (nSPS) is 25.0. The lowest BCUT2D eigenvalue weighted by Crippen LogP contribution is -2.47. The molecular formula is C19H26N4O2. The zero-order chi connectivity index (χ0) is 17.4. The maximum Gasteiger partial charge on any atom is 0.228 e. The molecule has 0 aromatic carbocycles. The van der Waals surface area contributed by atoms with Gasteiger partial charge in [-0.3, -0.25) is 9.69 Å². The minimum Gasteiger partial charge on any atom is -0.379 e. The summed E-state index contributed by atoms with van der Waals surface area (Å²) in [5.41, 5.74) is 2.91. The Morgan fingerprint density at radius 3 is 2.88 bits per heavy atom. The molecule has 0 bridgehead atoms. The first kappa shape index (κ1) is 16.5. The zero-order valence-corrected chi connectivity index (χ0v) is 15.0. The highest BCUT2D eigenvalue weighted by atomic mass is 16.5. The maximum atomic E-state index is 12.8. The largest absolute Gasteiger partial charge is 0.379 e. The van der Waals surface area contributed by atoms with Gasteiger partial charge in [0.1, 0.15) is 5.65 Å². The van der Waals surface area contributed by atoms with Gasteiger partial charge in [-0.05, 0) is 24.5 Å². The Bertz CT molecular complexity index is 766. The molecule has 0 N–H and O–H groups in total. The Hall–Kier alpha value is -1.92. The molecule has 0 spiro atoms. The van der Waals surface area contributed by atoms with Gasteiger partial charge < -0.3 is 14.0 Å². The lowest BCUT2D eigenvalue weighted by Gasteiger charge is -2.33. The van der Waals surface area contributed by atoms with Crippen LogP contribution in [0.2, 0.25) is 0 Å². The lowest BCUT2D eigenvalue weighted by atomic mass is 10.0. The molecular weight excluding hydrogens is 316 g/mol. The van der Waals surface area contributed by atoms with Crippen LogP contribution in [-0.4, -0.2) is 70.5 Å². The number of morpholine rings is 1. The summed E-state index contributed by atoms with van der Waals surface area (Å²) in [6.45, 7) is 9.52. The number of imidazole rings is 1. The van der Waals surface area contributed by atoms with Gasteiger partial charge in [0.2, 0.25) is 5.91 Å². The molecule has 0 aliphatic carbocycles. The summed E-state index contributed by atoms with van der Waals surface area (Å²) in [6, 6.07) is 4.50. The number of rotatable bonds is 3. The first-order valence-corrected chi connectivity index (χ1v) is 9.14. The zero-order valence-electron chi connectivity index (χ0n) is 15.0. The minimum absolute atomic E-state index is 0.184. The van der Waals surface area contributed by atoms with E-state index in [1.54, 1.807) is 0 Å². The van der Waals surface area contributed by atoms with Crippen LogP contribution in [-0.2, 0) is 16.0 Å². The van der Waals surface area contributed by atoms with Crippen molar-refractivity contribution in [3.8, 4) is 0 Å². The monoisotopic (exact) mass is 342 g/mol. The minimum atomic E-state index is 0.184. The summed E-state index contributed by atoms with van der Waals surface area (Å²) < 4.78 is 7.45. The van der Waals surface area contributed by atoms with E-state index in [2.05, 4.69) is 16.8 Å². The molecule has 2 aromatic rings. The standard InChI is InChI=1S/C19H26N4O2/c1-14-4-3-5-22-12-16(20-19(14)22)10-18(24)23-11-15(2)17(13-23)21-6-8-25-9-7-21/h3-5,12,15,17H,6-11,13H2,1-2H3/t15-,17+/m0/s1. The predicted octanol–water partition coefficient (Wildman–Crippen LogP) is 1.36. The van der Waals surface area contributed by atoms with E-state index in [1.807, 2.05) is 40.8 Å². The fraction of sp³-hybridized carbons (Fsp3) is 0.579. The number of ether oxygens (including phenoxy) is 1. The number of fused-ring (bicyclic) bond motifs is 1. The van der Waals surface area contributed by atoms with Gasteiger partial charge >= 0.3 is 0 Å². The van der Waals surface area contributed by atoms with Crippen LogP contribution in [0.5, 0.6) is 0 Å².